The predicted octanol–water partition coefficient (Wildman–Crippen LogP) is 3.38. The van der Waals surface area contributed by atoms with Gasteiger partial charge in [0.05, 0.1) is 11.4 Å². The summed E-state index contributed by atoms with van der Waals surface area (Å²) in [7, 11) is 0. The van der Waals surface area contributed by atoms with Crippen LogP contribution < -0.4 is 15.4 Å². The van der Waals surface area contributed by atoms with Crippen LogP contribution in [0.1, 0.15) is 13.8 Å². The van der Waals surface area contributed by atoms with Crippen molar-refractivity contribution in [3.8, 4) is 5.75 Å². The van der Waals surface area contributed by atoms with Gasteiger partial charge in [0.1, 0.15) is 5.75 Å². The van der Waals surface area contributed by atoms with E-state index < -0.39 is 17.2 Å². The fourth-order valence-corrected chi connectivity index (χ4v) is 2.37. The molecule has 3 rings (SSSR count). The SMILES string of the molecule is CC1(C)Oc2cc(N)ccc2N(c2ccc(F)c(F)c2)C1=O. The molecule has 114 valence electrons. The molecule has 0 spiro atoms. The number of rotatable bonds is 1. The molecular formula is C16H14F2N2O2. The number of amides is 1. The third kappa shape index (κ3) is 2.16. The number of nitrogens with two attached hydrogens (primary N) is 1. The zero-order valence-corrected chi connectivity index (χ0v) is 12.1. The third-order valence-corrected chi connectivity index (χ3v) is 3.47. The minimum Gasteiger partial charge on any atom is -0.476 e. The molecule has 0 radical (unpaired) electrons. The van der Waals surface area contributed by atoms with Gasteiger partial charge in [-0.25, -0.2) is 8.78 Å². The third-order valence-electron chi connectivity index (χ3n) is 3.47. The van der Waals surface area contributed by atoms with E-state index in [0.717, 1.165) is 12.1 Å². The molecule has 4 nitrogen and oxygen atoms in total. The number of nitrogens with zero attached hydrogens (tertiary/aromatic N) is 1. The number of nitrogen functional groups attached to an aromatic ring is 1. The Kier molecular flexibility index (Phi) is 3.05. The summed E-state index contributed by atoms with van der Waals surface area (Å²) in [5, 5.41) is 0. The maximum atomic E-state index is 13.5. The summed E-state index contributed by atoms with van der Waals surface area (Å²) >= 11 is 0. The molecule has 2 N–H and O–H groups in total. The molecule has 1 aliphatic heterocycles. The first-order valence-electron chi connectivity index (χ1n) is 6.68. The van der Waals surface area contributed by atoms with E-state index in [1.54, 1.807) is 32.0 Å². The number of carbonyl (C=O) groups is 1. The van der Waals surface area contributed by atoms with Crippen molar-refractivity contribution in [3.05, 3.63) is 48.0 Å². The normalized spacial score (nSPS) is 16.2. The Morgan fingerprint density at radius 1 is 1.09 bits per heavy atom. The van der Waals surface area contributed by atoms with Crippen molar-refractivity contribution in [2.45, 2.75) is 19.4 Å². The smallest absolute Gasteiger partial charge is 0.275 e. The second-order valence-electron chi connectivity index (χ2n) is 5.58. The lowest BCUT2D eigenvalue weighted by Crippen LogP contribution is -2.50. The molecule has 1 aliphatic rings. The number of hydrogen-bond donors (Lipinski definition) is 1. The lowest BCUT2D eigenvalue weighted by molar-refractivity contribution is -0.131. The predicted molar refractivity (Wildman–Crippen MR) is 79.1 cm³/mol. The largest absolute Gasteiger partial charge is 0.476 e. The summed E-state index contributed by atoms with van der Waals surface area (Å²) in [5.74, 6) is -1.96. The maximum Gasteiger partial charge on any atom is 0.275 e. The average molecular weight is 304 g/mol. The van der Waals surface area contributed by atoms with Crippen molar-refractivity contribution >= 4 is 23.0 Å². The molecular weight excluding hydrogens is 290 g/mol. The highest BCUT2D eigenvalue weighted by Crippen LogP contribution is 2.42. The molecule has 22 heavy (non-hydrogen) atoms. The van der Waals surface area contributed by atoms with E-state index in [1.165, 1.54) is 11.0 Å². The molecule has 0 aromatic heterocycles. The van der Waals surface area contributed by atoms with Crippen LogP contribution >= 0.6 is 0 Å². The van der Waals surface area contributed by atoms with Gasteiger partial charge in [-0.2, -0.15) is 0 Å². The van der Waals surface area contributed by atoms with Crippen LogP contribution in [0.3, 0.4) is 0 Å². The summed E-state index contributed by atoms with van der Waals surface area (Å²) in [6.45, 7) is 3.21. The molecule has 0 unspecified atom stereocenters. The van der Waals surface area contributed by atoms with Crippen LogP contribution in [-0.4, -0.2) is 11.5 Å². The van der Waals surface area contributed by atoms with Crippen LogP contribution in [0.4, 0.5) is 25.8 Å². The van der Waals surface area contributed by atoms with Gasteiger partial charge in [0, 0.05) is 17.8 Å². The van der Waals surface area contributed by atoms with E-state index in [4.69, 9.17) is 10.5 Å². The van der Waals surface area contributed by atoms with Crippen molar-refractivity contribution in [1.29, 1.82) is 0 Å². The Bertz CT molecular complexity index is 775. The van der Waals surface area contributed by atoms with Crippen molar-refractivity contribution in [3.63, 3.8) is 0 Å². The van der Waals surface area contributed by atoms with E-state index in [1.807, 2.05) is 0 Å². The Labute approximate surface area is 126 Å². The monoisotopic (exact) mass is 304 g/mol. The molecule has 2 aromatic carbocycles. The quantitative estimate of drug-likeness (QED) is 0.822. The first-order chi connectivity index (χ1) is 10.3. The molecule has 0 aliphatic carbocycles. The van der Waals surface area contributed by atoms with E-state index in [2.05, 4.69) is 0 Å². The number of anilines is 3. The minimum atomic E-state index is -1.15. The van der Waals surface area contributed by atoms with Crippen molar-refractivity contribution < 1.29 is 18.3 Å². The Morgan fingerprint density at radius 2 is 1.82 bits per heavy atom. The molecule has 1 amide bonds. The lowest BCUT2D eigenvalue weighted by atomic mass is 10.0. The average Bonchev–Trinajstić information content (AvgIpc) is 2.43. The van der Waals surface area contributed by atoms with Crippen molar-refractivity contribution in [2.24, 2.45) is 0 Å². The Morgan fingerprint density at radius 3 is 2.50 bits per heavy atom. The Balaban J connectivity index is 2.20. The number of hydrogen-bond acceptors (Lipinski definition) is 3. The summed E-state index contributed by atoms with van der Waals surface area (Å²) < 4.78 is 32.4. The van der Waals surface area contributed by atoms with Gasteiger partial charge in [0.2, 0.25) is 0 Å². The van der Waals surface area contributed by atoms with E-state index >= 15 is 0 Å². The zero-order chi connectivity index (χ0) is 16.1. The summed E-state index contributed by atoms with van der Waals surface area (Å²) in [6.07, 6.45) is 0. The maximum absolute atomic E-state index is 13.5. The van der Waals surface area contributed by atoms with Crippen LogP contribution in [0, 0.1) is 11.6 Å². The van der Waals surface area contributed by atoms with Gasteiger partial charge in [-0.1, -0.05) is 0 Å². The minimum absolute atomic E-state index is 0.228. The highest BCUT2D eigenvalue weighted by atomic mass is 19.2. The van der Waals surface area contributed by atoms with Gasteiger partial charge < -0.3 is 10.5 Å². The van der Waals surface area contributed by atoms with Gasteiger partial charge in [-0.05, 0) is 38.1 Å². The van der Waals surface area contributed by atoms with Gasteiger partial charge >= 0.3 is 0 Å². The highest BCUT2D eigenvalue weighted by Gasteiger charge is 2.41. The lowest BCUT2D eigenvalue weighted by Gasteiger charge is -2.38. The fourth-order valence-electron chi connectivity index (χ4n) is 2.37. The molecule has 6 heteroatoms. The van der Waals surface area contributed by atoms with Crippen LogP contribution in [-0.2, 0) is 4.79 Å². The van der Waals surface area contributed by atoms with Gasteiger partial charge in [0.25, 0.3) is 5.91 Å². The molecule has 2 aromatic rings. The van der Waals surface area contributed by atoms with Gasteiger partial charge in [0.15, 0.2) is 17.2 Å². The van der Waals surface area contributed by atoms with Crippen LogP contribution in [0.5, 0.6) is 5.75 Å². The summed E-state index contributed by atoms with van der Waals surface area (Å²) in [4.78, 5) is 14.0. The van der Waals surface area contributed by atoms with Gasteiger partial charge in [-0.3, -0.25) is 9.69 Å². The molecule has 0 atom stereocenters. The molecule has 0 saturated heterocycles. The Hall–Kier alpha value is -2.63. The van der Waals surface area contributed by atoms with E-state index in [0.29, 0.717) is 17.1 Å². The number of fused-ring (bicyclic) bond motifs is 1. The molecule has 0 saturated carbocycles. The molecule has 1 heterocycles. The molecule has 0 fully saturated rings. The topological polar surface area (TPSA) is 55.6 Å². The van der Waals surface area contributed by atoms with E-state index in [-0.39, 0.29) is 11.6 Å². The fraction of sp³-hybridized carbons (Fsp3) is 0.188. The van der Waals surface area contributed by atoms with Crippen LogP contribution in [0.15, 0.2) is 36.4 Å². The number of halogens is 2. The zero-order valence-electron chi connectivity index (χ0n) is 12.1. The van der Waals surface area contributed by atoms with Gasteiger partial charge in [-0.15, -0.1) is 0 Å². The second-order valence-corrected chi connectivity index (χ2v) is 5.58. The second kappa shape index (κ2) is 4.69. The van der Waals surface area contributed by atoms with Crippen molar-refractivity contribution in [2.75, 3.05) is 10.6 Å². The number of benzene rings is 2. The van der Waals surface area contributed by atoms with Crippen LogP contribution in [0.25, 0.3) is 0 Å². The first-order valence-corrected chi connectivity index (χ1v) is 6.68. The number of ether oxygens (including phenoxy) is 1. The van der Waals surface area contributed by atoms with Crippen molar-refractivity contribution in [1.82, 2.24) is 0 Å². The molecule has 0 bridgehead atoms. The standard InChI is InChI=1S/C16H14F2N2O2/c1-16(2)15(21)20(10-4-5-11(17)12(18)8-10)13-6-3-9(19)7-14(13)22-16/h3-8H,19H2,1-2H3. The number of carbonyl (C=O) groups excluding carboxylic acids is 1. The first kappa shape index (κ1) is 14.3. The van der Waals surface area contributed by atoms with Crippen LogP contribution in [0.2, 0.25) is 0 Å². The summed E-state index contributed by atoms with van der Waals surface area (Å²) in [5.41, 5.74) is 5.74. The summed E-state index contributed by atoms with van der Waals surface area (Å²) in [6, 6.07) is 8.13. The highest BCUT2D eigenvalue weighted by molar-refractivity contribution is 6.08. The van der Waals surface area contributed by atoms with E-state index in [9.17, 15) is 13.6 Å².